The molecule has 0 radical (unpaired) electrons. The molecule has 1 aliphatic heterocycles. The molecule has 2 amide bonds. The molecule has 0 bridgehead atoms. The maximum Gasteiger partial charge on any atom is 0.246 e. The number of hydrogen-bond acceptors (Lipinski definition) is 5. The second kappa shape index (κ2) is 5.59. The number of likely N-dealkylation sites (tertiary alicyclic amines) is 1. The van der Waals surface area contributed by atoms with Crippen molar-refractivity contribution in [3.05, 3.63) is 29.6 Å². The Morgan fingerprint density at radius 2 is 2.37 bits per heavy atom. The van der Waals surface area contributed by atoms with Crippen molar-refractivity contribution in [2.24, 2.45) is 0 Å². The Morgan fingerprint density at radius 1 is 1.58 bits per heavy atom. The van der Waals surface area contributed by atoms with Gasteiger partial charge in [0.05, 0.1) is 6.04 Å². The molecule has 0 aliphatic carbocycles. The molecule has 98 valence electrons. The van der Waals surface area contributed by atoms with Crippen LogP contribution in [0.3, 0.4) is 0 Å². The Morgan fingerprint density at radius 3 is 3.11 bits per heavy atom. The zero-order valence-corrected chi connectivity index (χ0v) is 10.6. The van der Waals surface area contributed by atoms with Crippen molar-refractivity contribution in [1.29, 1.82) is 5.26 Å². The summed E-state index contributed by atoms with van der Waals surface area (Å²) in [4.78, 5) is 28.3. The number of amides is 2. The largest absolute Gasteiger partial charge is 0.302 e. The van der Waals surface area contributed by atoms with Gasteiger partial charge in [0.2, 0.25) is 11.8 Å². The predicted octanol–water partition coefficient (Wildman–Crippen LogP) is 0.190. The molecule has 6 nitrogen and oxygen atoms in total. The molecule has 1 saturated heterocycles. The van der Waals surface area contributed by atoms with E-state index in [1.165, 1.54) is 7.05 Å². The van der Waals surface area contributed by atoms with Gasteiger partial charge in [0.25, 0.3) is 0 Å². The van der Waals surface area contributed by atoms with Gasteiger partial charge >= 0.3 is 0 Å². The minimum atomic E-state index is -0.380. The van der Waals surface area contributed by atoms with Crippen LogP contribution in [0.1, 0.15) is 24.1 Å². The van der Waals surface area contributed by atoms with Crippen LogP contribution in [0.25, 0.3) is 0 Å². The summed E-state index contributed by atoms with van der Waals surface area (Å²) in [5.74, 6) is -0.374. The lowest BCUT2D eigenvalue weighted by atomic mass is 10.0. The van der Waals surface area contributed by atoms with Crippen LogP contribution in [-0.4, -0.2) is 34.8 Å². The van der Waals surface area contributed by atoms with Crippen LogP contribution >= 0.6 is 0 Å². The molecule has 0 spiro atoms. The minimum Gasteiger partial charge on any atom is -0.302 e. The number of carbonyl (C=O) groups is 2. The number of imide groups is 1. The van der Waals surface area contributed by atoms with Crippen LogP contribution in [-0.2, 0) is 16.1 Å². The Bertz CT molecular complexity index is 550. The van der Waals surface area contributed by atoms with E-state index in [2.05, 4.69) is 10.3 Å². The third-order valence-corrected chi connectivity index (χ3v) is 3.19. The first-order valence-corrected chi connectivity index (χ1v) is 6.01. The molecular formula is C13H14N4O2. The highest BCUT2D eigenvalue weighted by atomic mass is 16.2. The van der Waals surface area contributed by atoms with Crippen molar-refractivity contribution >= 4 is 11.8 Å². The highest BCUT2D eigenvalue weighted by Gasteiger charge is 2.31. The number of nitriles is 1. The lowest BCUT2D eigenvalue weighted by molar-refractivity contribution is -0.148. The van der Waals surface area contributed by atoms with Crippen molar-refractivity contribution < 1.29 is 9.59 Å². The standard InChI is InChI=1S/C13H14N4O2/c1-17-12(18)5-4-10(13(17)19)16-8-9-3-2-6-15-11(9)7-14/h2-3,6,10,16H,4-5,8H2,1H3. The van der Waals surface area contributed by atoms with E-state index in [1.807, 2.05) is 6.07 Å². The van der Waals surface area contributed by atoms with Gasteiger partial charge in [-0.15, -0.1) is 0 Å². The van der Waals surface area contributed by atoms with Gasteiger partial charge in [0.15, 0.2) is 0 Å². The number of aromatic nitrogens is 1. The molecule has 1 unspecified atom stereocenters. The average molecular weight is 258 g/mol. The highest BCUT2D eigenvalue weighted by Crippen LogP contribution is 2.12. The summed E-state index contributed by atoms with van der Waals surface area (Å²) in [5.41, 5.74) is 1.10. The summed E-state index contributed by atoms with van der Waals surface area (Å²) in [6.07, 6.45) is 2.41. The smallest absolute Gasteiger partial charge is 0.246 e. The quantitative estimate of drug-likeness (QED) is 0.782. The summed E-state index contributed by atoms with van der Waals surface area (Å²) in [6.45, 7) is 0.384. The molecule has 1 aromatic heterocycles. The number of likely N-dealkylation sites (N-methyl/N-ethyl adjacent to an activating group) is 1. The third kappa shape index (κ3) is 2.77. The summed E-state index contributed by atoms with van der Waals surface area (Å²) in [6, 6.07) is 5.17. The summed E-state index contributed by atoms with van der Waals surface area (Å²) in [7, 11) is 1.49. The molecular weight excluding hydrogens is 244 g/mol. The van der Waals surface area contributed by atoms with Crippen LogP contribution in [0.4, 0.5) is 0 Å². The number of carbonyl (C=O) groups excluding carboxylic acids is 2. The summed E-state index contributed by atoms with van der Waals surface area (Å²) in [5, 5.41) is 12.0. The number of nitrogens with one attached hydrogen (secondary N) is 1. The van der Waals surface area contributed by atoms with Crippen molar-refractivity contribution in [2.75, 3.05) is 7.05 Å². The molecule has 6 heteroatoms. The molecule has 2 rings (SSSR count). The van der Waals surface area contributed by atoms with Gasteiger partial charge in [-0.05, 0) is 12.5 Å². The van der Waals surface area contributed by atoms with Gasteiger partial charge in [0, 0.05) is 31.8 Å². The summed E-state index contributed by atoms with van der Waals surface area (Å²) >= 11 is 0. The lowest BCUT2D eigenvalue weighted by Crippen LogP contribution is -2.51. The molecule has 19 heavy (non-hydrogen) atoms. The first kappa shape index (κ1) is 13.2. The van der Waals surface area contributed by atoms with Crippen LogP contribution in [0.2, 0.25) is 0 Å². The average Bonchev–Trinajstić information content (AvgIpc) is 2.44. The minimum absolute atomic E-state index is 0.151. The van der Waals surface area contributed by atoms with E-state index < -0.39 is 0 Å². The second-order valence-electron chi connectivity index (χ2n) is 4.39. The van der Waals surface area contributed by atoms with Crippen LogP contribution < -0.4 is 5.32 Å². The first-order chi connectivity index (χ1) is 9.13. The number of rotatable bonds is 3. The molecule has 1 N–H and O–H groups in total. The first-order valence-electron chi connectivity index (χ1n) is 6.01. The fraction of sp³-hybridized carbons (Fsp3) is 0.385. The molecule has 1 fully saturated rings. The van der Waals surface area contributed by atoms with E-state index in [0.717, 1.165) is 10.5 Å². The second-order valence-corrected chi connectivity index (χ2v) is 4.39. The lowest BCUT2D eigenvalue weighted by Gasteiger charge is -2.28. The van der Waals surface area contributed by atoms with E-state index in [1.54, 1.807) is 18.3 Å². The van der Waals surface area contributed by atoms with Crippen LogP contribution in [0, 0.1) is 11.3 Å². The third-order valence-electron chi connectivity index (χ3n) is 3.19. The fourth-order valence-electron chi connectivity index (χ4n) is 2.02. The maximum atomic E-state index is 11.9. The number of hydrogen-bond donors (Lipinski definition) is 1. The van der Waals surface area contributed by atoms with E-state index in [4.69, 9.17) is 5.26 Å². The summed E-state index contributed by atoms with van der Waals surface area (Å²) < 4.78 is 0. The number of nitrogens with zero attached hydrogens (tertiary/aromatic N) is 3. The van der Waals surface area contributed by atoms with E-state index in [9.17, 15) is 9.59 Å². The van der Waals surface area contributed by atoms with Gasteiger partial charge in [0.1, 0.15) is 11.8 Å². The van der Waals surface area contributed by atoms with Crippen LogP contribution in [0.5, 0.6) is 0 Å². The Kier molecular flexibility index (Phi) is 3.88. The molecule has 1 aliphatic rings. The maximum absolute atomic E-state index is 11.9. The van der Waals surface area contributed by atoms with Crippen molar-refractivity contribution in [2.45, 2.75) is 25.4 Å². The highest BCUT2D eigenvalue weighted by molar-refractivity contribution is 6.00. The van der Waals surface area contributed by atoms with Gasteiger partial charge in [-0.25, -0.2) is 4.98 Å². The Hall–Kier alpha value is -2.26. The normalized spacial score (nSPS) is 19.4. The molecule has 1 atom stereocenters. The fourth-order valence-corrected chi connectivity index (χ4v) is 2.02. The Labute approximate surface area is 111 Å². The zero-order valence-electron chi connectivity index (χ0n) is 10.6. The van der Waals surface area contributed by atoms with Gasteiger partial charge in [-0.3, -0.25) is 14.5 Å². The van der Waals surface area contributed by atoms with Crippen LogP contribution in [0.15, 0.2) is 18.3 Å². The molecule has 1 aromatic rings. The number of piperidine rings is 1. The molecule has 2 heterocycles. The van der Waals surface area contributed by atoms with E-state index in [0.29, 0.717) is 25.1 Å². The topological polar surface area (TPSA) is 86.1 Å². The SMILES string of the molecule is CN1C(=O)CCC(NCc2cccnc2C#N)C1=O. The monoisotopic (exact) mass is 258 g/mol. The molecule has 0 saturated carbocycles. The van der Waals surface area contributed by atoms with Gasteiger partial charge in [-0.1, -0.05) is 6.07 Å². The van der Waals surface area contributed by atoms with Crippen molar-refractivity contribution in [1.82, 2.24) is 15.2 Å². The van der Waals surface area contributed by atoms with Gasteiger partial charge in [-0.2, -0.15) is 5.26 Å². The van der Waals surface area contributed by atoms with E-state index >= 15 is 0 Å². The zero-order chi connectivity index (χ0) is 13.8. The molecule has 0 aromatic carbocycles. The predicted molar refractivity (Wildman–Crippen MR) is 66.6 cm³/mol. The van der Waals surface area contributed by atoms with Gasteiger partial charge < -0.3 is 5.32 Å². The van der Waals surface area contributed by atoms with Crippen molar-refractivity contribution in [3.8, 4) is 6.07 Å². The Balaban J connectivity index is 2.01. The number of pyridine rings is 1. The van der Waals surface area contributed by atoms with E-state index in [-0.39, 0.29) is 17.9 Å². The van der Waals surface area contributed by atoms with Crippen molar-refractivity contribution in [3.63, 3.8) is 0 Å².